The lowest BCUT2D eigenvalue weighted by atomic mass is 9.79. The van der Waals surface area contributed by atoms with E-state index in [4.69, 9.17) is 13.8 Å². The van der Waals surface area contributed by atoms with E-state index in [-0.39, 0.29) is 21.7 Å². The molecular weight excluding hydrogens is 913 g/mol. The van der Waals surface area contributed by atoms with Gasteiger partial charge < -0.3 is 14.5 Å². The van der Waals surface area contributed by atoms with Gasteiger partial charge in [0.25, 0.3) is 0 Å². The van der Waals surface area contributed by atoms with Crippen molar-refractivity contribution in [2.75, 3.05) is 23.0 Å². The molecule has 0 fully saturated rings. The molecule has 1 aliphatic rings. The van der Waals surface area contributed by atoms with Gasteiger partial charge in [-0.15, -0.1) is 0 Å². The van der Waals surface area contributed by atoms with Gasteiger partial charge in [0, 0.05) is 39.4 Å². The van der Waals surface area contributed by atoms with Gasteiger partial charge in [0.2, 0.25) is 0 Å². The molecular formula is C70H78N4O. The second kappa shape index (κ2) is 19.9. The maximum atomic E-state index is 8.92. The molecule has 0 atom stereocenters. The second-order valence-corrected chi connectivity index (χ2v) is 25.1. The number of hydrogen-bond acceptors (Lipinski definition) is 4. The number of ether oxygens (including phenoxy) is 1. The standard InChI is InChI=1S/C70H78N4O/c1-47-37-53(68(5,6)7)42-59(51-39-50(49-24-15-14-16-25-49)40-54(41-51)69(8,9)10)57(47)27-19-20-36-72-46-73(62-30-18-17-29-61(62)72)55-26-21-23-48(38-55)45-75-56-32-33-58-64(44-56)74(65-43-52(34-35-71-65)67(2,3)4)63-31-22-28-60(66(58)63)70(11,12)13/h14-18,21-26,28-35,37-44H,19-20,27,36,45-46H2,1-13H3/i1D3. The molecule has 3 heterocycles. The zero-order valence-corrected chi connectivity index (χ0v) is 46.5. The molecule has 9 aromatic rings. The fourth-order valence-electron chi connectivity index (χ4n) is 10.9. The summed E-state index contributed by atoms with van der Waals surface area (Å²) in [4.78, 5) is 9.83. The van der Waals surface area contributed by atoms with Crippen LogP contribution >= 0.6 is 0 Å². The summed E-state index contributed by atoms with van der Waals surface area (Å²) in [6.45, 7) is 26.5. The number of benzene rings is 7. The highest BCUT2D eigenvalue weighted by atomic mass is 16.5. The topological polar surface area (TPSA) is 33.5 Å². The van der Waals surface area contributed by atoms with E-state index in [1.54, 1.807) is 0 Å². The Morgan fingerprint density at radius 3 is 2.00 bits per heavy atom. The Hall–Kier alpha value is -7.11. The first kappa shape index (κ1) is 47.6. The van der Waals surface area contributed by atoms with E-state index in [0.29, 0.717) is 25.3 Å². The lowest BCUT2D eigenvalue weighted by molar-refractivity contribution is 0.306. The molecule has 0 bridgehead atoms. The fraction of sp³-hybridized carbons (Fsp3) is 0.329. The third-order valence-electron chi connectivity index (χ3n) is 15.3. The van der Waals surface area contributed by atoms with Gasteiger partial charge in [-0.3, -0.25) is 4.57 Å². The van der Waals surface area contributed by atoms with Crippen molar-refractivity contribution in [2.45, 2.75) is 137 Å². The van der Waals surface area contributed by atoms with Gasteiger partial charge in [-0.2, -0.15) is 0 Å². The number of anilines is 3. The van der Waals surface area contributed by atoms with Crippen LogP contribution in [0.15, 0.2) is 164 Å². The van der Waals surface area contributed by atoms with Gasteiger partial charge in [0.15, 0.2) is 0 Å². The van der Waals surface area contributed by atoms with E-state index in [1.807, 2.05) is 12.3 Å². The first-order valence-corrected chi connectivity index (χ1v) is 27.1. The zero-order chi connectivity index (χ0) is 55.5. The average Bonchev–Trinajstić information content (AvgIpc) is 4.18. The second-order valence-electron chi connectivity index (χ2n) is 25.1. The number of aryl methyl sites for hydroxylation is 1. The zero-order valence-electron chi connectivity index (χ0n) is 49.5. The van der Waals surface area contributed by atoms with E-state index in [1.165, 1.54) is 38.8 Å². The summed E-state index contributed by atoms with van der Waals surface area (Å²) < 4.78 is 35.8. The van der Waals surface area contributed by atoms with Crippen LogP contribution in [0.2, 0.25) is 0 Å². The van der Waals surface area contributed by atoms with Gasteiger partial charge >= 0.3 is 0 Å². The maximum absolute atomic E-state index is 8.92. The minimum absolute atomic E-state index is 0.0276. The van der Waals surface area contributed by atoms with E-state index in [2.05, 4.69) is 249 Å². The van der Waals surface area contributed by atoms with E-state index in [9.17, 15) is 0 Å². The van der Waals surface area contributed by atoms with Crippen molar-refractivity contribution in [1.82, 2.24) is 9.55 Å². The molecule has 0 saturated carbocycles. The molecule has 5 heteroatoms. The van der Waals surface area contributed by atoms with Gasteiger partial charge in [0.1, 0.15) is 18.2 Å². The SMILES string of the molecule is [2H]C([2H])([2H])c1cc(C(C)(C)C)cc(-c2cc(-c3ccccc3)cc(C(C)(C)C)c2)c1CCCCN1CN(c2cccc(COc3ccc4c5c(C(C)(C)C)cccc5n(-c5cc(C(C)(C)C)ccn5)c4c3)c2)c2ccccc21. The minimum atomic E-state index is -2.27. The molecule has 384 valence electrons. The summed E-state index contributed by atoms with van der Waals surface area (Å²) in [7, 11) is 0. The number of aromatic nitrogens is 2. The largest absolute Gasteiger partial charge is 0.489 e. The van der Waals surface area contributed by atoms with Gasteiger partial charge in [-0.05, 0) is 170 Å². The van der Waals surface area contributed by atoms with Crippen LogP contribution < -0.4 is 14.5 Å². The minimum Gasteiger partial charge on any atom is -0.489 e. The summed E-state index contributed by atoms with van der Waals surface area (Å²) in [5.41, 5.74) is 16.9. The number of unbranched alkanes of at least 4 members (excludes halogenated alkanes) is 1. The highest BCUT2D eigenvalue weighted by Crippen LogP contribution is 2.44. The number of para-hydroxylation sites is 2. The number of pyridine rings is 1. The predicted molar refractivity (Wildman–Crippen MR) is 320 cm³/mol. The van der Waals surface area contributed by atoms with Crippen molar-refractivity contribution in [3.8, 4) is 33.8 Å². The molecule has 0 amide bonds. The molecule has 1 aliphatic heterocycles. The normalized spacial score (nSPS) is 14.1. The van der Waals surface area contributed by atoms with Gasteiger partial charge in [0.05, 0.1) is 29.1 Å². The van der Waals surface area contributed by atoms with Gasteiger partial charge in [-0.25, -0.2) is 4.98 Å². The van der Waals surface area contributed by atoms with Crippen molar-refractivity contribution < 1.29 is 8.85 Å². The van der Waals surface area contributed by atoms with Crippen LogP contribution in [-0.4, -0.2) is 22.8 Å². The lowest BCUT2D eigenvalue weighted by Gasteiger charge is -2.26. The first-order valence-electron chi connectivity index (χ1n) is 28.6. The molecule has 10 rings (SSSR count). The molecule has 5 nitrogen and oxygen atoms in total. The molecule has 2 aromatic heterocycles. The smallest absolute Gasteiger partial charge is 0.137 e. The maximum Gasteiger partial charge on any atom is 0.137 e. The summed E-state index contributed by atoms with van der Waals surface area (Å²) in [6, 6.07) is 56.6. The molecule has 0 spiro atoms. The molecule has 7 aromatic carbocycles. The Balaban J connectivity index is 0.899. The molecule has 75 heavy (non-hydrogen) atoms. The Morgan fingerprint density at radius 2 is 1.27 bits per heavy atom. The number of fused-ring (bicyclic) bond motifs is 4. The molecule has 0 N–H and O–H groups in total. The van der Waals surface area contributed by atoms with E-state index >= 15 is 0 Å². The summed E-state index contributed by atoms with van der Waals surface area (Å²) in [6.07, 6.45) is 4.33. The summed E-state index contributed by atoms with van der Waals surface area (Å²) in [5.74, 6) is 1.70. The number of hydrogen-bond donors (Lipinski definition) is 0. The van der Waals surface area contributed by atoms with Crippen LogP contribution in [0, 0.1) is 6.85 Å². The van der Waals surface area contributed by atoms with Crippen molar-refractivity contribution >= 4 is 38.9 Å². The highest BCUT2D eigenvalue weighted by Gasteiger charge is 2.28. The number of nitrogens with zero attached hydrogens (tertiary/aromatic N) is 4. The molecule has 0 aliphatic carbocycles. The van der Waals surface area contributed by atoms with Crippen LogP contribution in [0.5, 0.6) is 5.75 Å². The third-order valence-corrected chi connectivity index (χ3v) is 15.3. The Bertz CT molecular complexity index is 3650. The van der Waals surface area contributed by atoms with Crippen LogP contribution in [0.1, 0.15) is 139 Å². The van der Waals surface area contributed by atoms with E-state index in [0.717, 1.165) is 86.6 Å². The Kier molecular flexibility index (Phi) is 12.6. The average molecular weight is 994 g/mol. The highest BCUT2D eigenvalue weighted by molar-refractivity contribution is 6.11. The summed E-state index contributed by atoms with van der Waals surface area (Å²) >= 11 is 0. The van der Waals surface area contributed by atoms with Crippen molar-refractivity contribution in [3.63, 3.8) is 0 Å². The van der Waals surface area contributed by atoms with Crippen LogP contribution in [-0.2, 0) is 34.7 Å². The van der Waals surface area contributed by atoms with Crippen molar-refractivity contribution in [2.24, 2.45) is 0 Å². The predicted octanol–water partition coefficient (Wildman–Crippen LogP) is 18.5. The van der Waals surface area contributed by atoms with Crippen LogP contribution in [0.25, 0.3) is 49.9 Å². The Labute approximate surface area is 452 Å². The lowest BCUT2D eigenvalue weighted by Crippen LogP contribution is -2.28. The van der Waals surface area contributed by atoms with Crippen molar-refractivity contribution in [1.29, 1.82) is 0 Å². The number of rotatable bonds is 12. The van der Waals surface area contributed by atoms with E-state index < -0.39 is 6.85 Å². The monoisotopic (exact) mass is 994 g/mol. The quantitative estimate of drug-likeness (QED) is 0.114. The first-order chi connectivity index (χ1) is 36.8. The van der Waals surface area contributed by atoms with Crippen LogP contribution in [0.4, 0.5) is 17.1 Å². The summed E-state index contributed by atoms with van der Waals surface area (Å²) in [5, 5.41) is 2.44. The molecule has 0 radical (unpaired) electrons. The Morgan fingerprint density at radius 1 is 0.560 bits per heavy atom. The van der Waals surface area contributed by atoms with Crippen molar-refractivity contribution in [3.05, 3.63) is 203 Å². The van der Waals surface area contributed by atoms with Crippen LogP contribution in [0.3, 0.4) is 0 Å². The fourth-order valence-corrected chi connectivity index (χ4v) is 10.9. The third kappa shape index (κ3) is 10.6. The molecule has 0 saturated heterocycles. The van der Waals surface area contributed by atoms with Gasteiger partial charge in [-0.1, -0.05) is 174 Å². The molecule has 0 unspecified atom stereocenters.